The van der Waals surface area contributed by atoms with Gasteiger partial charge in [0.2, 0.25) is 5.82 Å². The normalized spacial score (nSPS) is 19.4. The van der Waals surface area contributed by atoms with Crippen LogP contribution in [-0.2, 0) is 10.2 Å². The Morgan fingerprint density at radius 2 is 2.21 bits per heavy atom. The number of likely N-dealkylation sites (tertiary alicyclic amines) is 1. The summed E-state index contributed by atoms with van der Waals surface area (Å²) in [7, 11) is 1.63. The topological polar surface area (TPSA) is 110 Å². The molecule has 1 aliphatic heterocycles. The Labute approximate surface area is 166 Å². The van der Waals surface area contributed by atoms with Crippen LogP contribution in [0.15, 0.2) is 35.1 Å². The van der Waals surface area contributed by atoms with E-state index in [1.165, 1.54) is 18.5 Å². The summed E-state index contributed by atoms with van der Waals surface area (Å²) >= 11 is 0. The van der Waals surface area contributed by atoms with Gasteiger partial charge in [0.15, 0.2) is 5.82 Å². The number of methoxy groups -OCH3 is 1. The predicted molar refractivity (Wildman–Crippen MR) is 99.4 cm³/mol. The lowest BCUT2D eigenvalue weighted by molar-refractivity contribution is 0.0556. The molecule has 29 heavy (non-hydrogen) atoms. The standard InChI is InChI=1S/C19H21FN6O3/c1-28-10-8-19(7-2-9-26(11-19)17(27)15-21-12-22-24-15)18-23-16(29-25-18)13-3-5-14(20)6-4-13/h3-6,12H,2,7-11H2,1H3,(H,21,22,24). The van der Waals surface area contributed by atoms with Gasteiger partial charge >= 0.3 is 0 Å². The lowest BCUT2D eigenvalue weighted by Gasteiger charge is -2.40. The molecule has 1 atom stereocenters. The number of carbonyl (C=O) groups excluding carboxylic acids is 1. The first-order valence-electron chi connectivity index (χ1n) is 9.35. The van der Waals surface area contributed by atoms with Crippen molar-refractivity contribution >= 4 is 5.91 Å². The molecule has 1 aromatic carbocycles. The summed E-state index contributed by atoms with van der Waals surface area (Å²) in [6.45, 7) is 1.51. The highest BCUT2D eigenvalue weighted by Gasteiger charge is 2.42. The summed E-state index contributed by atoms with van der Waals surface area (Å²) in [6.07, 6.45) is 3.51. The van der Waals surface area contributed by atoms with E-state index >= 15 is 0 Å². The third-order valence-electron chi connectivity index (χ3n) is 5.26. The number of hydrogen-bond acceptors (Lipinski definition) is 7. The monoisotopic (exact) mass is 400 g/mol. The Morgan fingerprint density at radius 3 is 2.93 bits per heavy atom. The van der Waals surface area contributed by atoms with E-state index in [-0.39, 0.29) is 17.5 Å². The van der Waals surface area contributed by atoms with E-state index in [4.69, 9.17) is 9.26 Å². The van der Waals surface area contributed by atoms with E-state index < -0.39 is 5.41 Å². The lowest BCUT2D eigenvalue weighted by Crippen LogP contribution is -2.49. The largest absolute Gasteiger partial charge is 0.385 e. The van der Waals surface area contributed by atoms with Gasteiger partial charge in [0.25, 0.3) is 11.8 Å². The highest BCUT2D eigenvalue weighted by molar-refractivity contribution is 5.90. The van der Waals surface area contributed by atoms with E-state index in [1.54, 1.807) is 24.1 Å². The molecule has 2 aromatic heterocycles. The first-order valence-corrected chi connectivity index (χ1v) is 9.35. The summed E-state index contributed by atoms with van der Waals surface area (Å²) in [5, 5.41) is 10.6. The smallest absolute Gasteiger partial charge is 0.291 e. The number of hydrogen-bond donors (Lipinski definition) is 1. The molecule has 3 heterocycles. The van der Waals surface area contributed by atoms with E-state index in [1.807, 2.05) is 0 Å². The fourth-order valence-corrected chi connectivity index (χ4v) is 3.71. The van der Waals surface area contributed by atoms with E-state index in [2.05, 4.69) is 25.3 Å². The molecule has 3 aromatic rings. The van der Waals surface area contributed by atoms with Crippen molar-refractivity contribution in [3.05, 3.63) is 48.1 Å². The van der Waals surface area contributed by atoms with Crippen molar-refractivity contribution in [2.75, 3.05) is 26.8 Å². The molecule has 1 unspecified atom stereocenters. The number of ether oxygens (including phenoxy) is 1. The number of amides is 1. The highest BCUT2D eigenvalue weighted by atomic mass is 19.1. The van der Waals surface area contributed by atoms with E-state index in [0.29, 0.717) is 43.4 Å². The molecule has 1 saturated heterocycles. The van der Waals surface area contributed by atoms with Crippen molar-refractivity contribution < 1.29 is 18.4 Å². The summed E-state index contributed by atoms with van der Waals surface area (Å²) in [5.74, 6) is 0.484. The molecular weight excluding hydrogens is 379 g/mol. The Bertz CT molecular complexity index is 959. The van der Waals surface area contributed by atoms with Gasteiger partial charge in [0.05, 0.1) is 5.41 Å². The van der Waals surface area contributed by atoms with E-state index in [9.17, 15) is 9.18 Å². The quantitative estimate of drug-likeness (QED) is 0.675. The molecule has 0 bridgehead atoms. The van der Waals surface area contributed by atoms with Gasteiger partial charge in [0, 0.05) is 32.4 Å². The minimum Gasteiger partial charge on any atom is -0.385 e. The number of piperidine rings is 1. The first-order chi connectivity index (χ1) is 14.1. The van der Waals surface area contributed by atoms with Crippen LogP contribution in [0.2, 0.25) is 0 Å². The van der Waals surface area contributed by atoms with Gasteiger partial charge in [0.1, 0.15) is 12.1 Å². The maximum atomic E-state index is 13.2. The Hall–Kier alpha value is -3.14. The average Bonchev–Trinajstić information content (AvgIpc) is 3.45. The minimum absolute atomic E-state index is 0.202. The molecule has 0 saturated carbocycles. The van der Waals surface area contributed by atoms with Gasteiger partial charge in [-0.1, -0.05) is 5.16 Å². The Morgan fingerprint density at radius 1 is 1.38 bits per heavy atom. The summed E-state index contributed by atoms with van der Waals surface area (Å²) in [5.41, 5.74) is 0.128. The predicted octanol–water partition coefficient (Wildman–Crippen LogP) is 2.20. The van der Waals surface area contributed by atoms with Crippen molar-refractivity contribution in [1.29, 1.82) is 0 Å². The molecular formula is C19H21FN6O3. The third kappa shape index (κ3) is 3.88. The molecule has 1 aliphatic rings. The van der Waals surface area contributed by atoms with Gasteiger partial charge in [-0.2, -0.15) is 10.1 Å². The fraction of sp³-hybridized carbons (Fsp3) is 0.421. The van der Waals surface area contributed by atoms with Crippen LogP contribution >= 0.6 is 0 Å². The lowest BCUT2D eigenvalue weighted by atomic mass is 9.76. The van der Waals surface area contributed by atoms with Crippen LogP contribution in [0.5, 0.6) is 0 Å². The van der Waals surface area contributed by atoms with Crippen molar-refractivity contribution in [1.82, 2.24) is 30.2 Å². The van der Waals surface area contributed by atoms with Crippen LogP contribution in [0.1, 0.15) is 35.7 Å². The molecule has 152 valence electrons. The molecule has 1 N–H and O–H groups in total. The molecule has 0 aliphatic carbocycles. The number of H-pyrrole nitrogens is 1. The number of aromatic amines is 1. The number of nitrogens with one attached hydrogen (secondary N) is 1. The van der Waals surface area contributed by atoms with Crippen molar-refractivity contribution in [2.45, 2.75) is 24.7 Å². The van der Waals surface area contributed by atoms with Crippen molar-refractivity contribution in [3.63, 3.8) is 0 Å². The second-order valence-corrected chi connectivity index (χ2v) is 7.12. The van der Waals surface area contributed by atoms with Crippen LogP contribution in [-0.4, -0.2) is 62.9 Å². The van der Waals surface area contributed by atoms with Crippen LogP contribution in [0.25, 0.3) is 11.5 Å². The SMILES string of the molecule is COCCC1(c2noc(-c3ccc(F)cc3)n2)CCCN(C(=O)c2ncn[nH]2)C1. The molecule has 0 radical (unpaired) electrons. The summed E-state index contributed by atoms with van der Waals surface area (Å²) < 4.78 is 24.0. The maximum absolute atomic E-state index is 13.2. The van der Waals surface area contributed by atoms with Gasteiger partial charge in [-0.15, -0.1) is 0 Å². The van der Waals surface area contributed by atoms with Crippen LogP contribution in [0.3, 0.4) is 0 Å². The van der Waals surface area contributed by atoms with E-state index in [0.717, 1.165) is 12.8 Å². The second-order valence-electron chi connectivity index (χ2n) is 7.12. The van der Waals surface area contributed by atoms with Gasteiger partial charge in [-0.3, -0.25) is 9.89 Å². The Kier molecular flexibility index (Phi) is 5.34. The van der Waals surface area contributed by atoms with Crippen molar-refractivity contribution in [3.8, 4) is 11.5 Å². The summed E-state index contributed by atoms with van der Waals surface area (Å²) in [4.78, 5) is 23.1. The summed E-state index contributed by atoms with van der Waals surface area (Å²) in [6, 6.07) is 5.88. The van der Waals surface area contributed by atoms with Gasteiger partial charge in [-0.25, -0.2) is 9.37 Å². The number of rotatable bonds is 6. The number of aromatic nitrogens is 5. The van der Waals surface area contributed by atoms with Crippen molar-refractivity contribution in [2.24, 2.45) is 0 Å². The number of benzene rings is 1. The zero-order chi connectivity index (χ0) is 20.3. The number of carbonyl (C=O) groups is 1. The highest BCUT2D eigenvalue weighted by Crippen LogP contribution is 2.37. The molecule has 1 fully saturated rings. The zero-order valence-electron chi connectivity index (χ0n) is 16.0. The van der Waals surface area contributed by atoms with Gasteiger partial charge in [-0.05, 0) is 43.5 Å². The van der Waals surface area contributed by atoms with Crippen LogP contribution in [0.4, 0.5) is 4.39 Å². The molecule has 1 amide bonds. The fourth-order valence-electron chi connectivity index (χ4n) is 3.71. The third-order valence-corrected chi connectivity index (χ3v) is 5.26. The maximum Gasteiger partial charge on any atom is 0.291 e. The minimum atomic E-state index is -0.508. The molecule has 0 spiro atoms. The molecule has 4 rings (SSSR count). The number of nitrogens with zero attached hydrogens (tertiary/aromatic N) is 5. The Balaban J connectivity index is 1.63. The van der Waals surface area contributed by atoms with Crippen LogP contribution in [0, 0.1) is 5.82 Å². The molecule has 9 nitrogen and oxygen atoms in total. The zero-order valence-corrected chi connectivity index (χ0v) is 16.0. The van der Waals surface area contributed by atoms with Crippen LogP contribution < -0.4 is 0 Å². The van der Waals surface area contributed by atoms with Gasteiger partial charge < -0.3 is 14.2 Å². The number of halogens is 1. The molecule has 10 heteroatoms. The average molecular weight is 400 g/mol. The second kappa shape index (κ2) is 8.08. The first kappa shape index (κ1) is 19.2.